The highest BCUT2D eigenvalue weighted by molar-refractivity contribution is 7.09. The summed E-state index contributed by atoms with van der Waals surface area (Å²) in [6.45, 7) is 5.67. The lowest BCUT2D eigenvalue weighted by molar-refractivity contribution is -0.119. The predicted octanol–water partition coefficient (Wildman–Crippen LogP) is 0.0636. The number of hydrogen-bond donors (Lipinski definition) is 2. The number of nitrogens with two attached hydrogens (primary N) is 2. The topological polar surface area (TPSA) is 98.1 Å². The third-order valence-corrected chi connectivity index (χ3v) is 2.56. The Morgan fingerprint density at radius 2 is 2.25 bits per heavy atom. The normalized spacial score (nSPS) is 11.2. The second-order valence-electron chi connectivity index (χ2n) is 4.11. The molecule has 0 aliphatic rings. The molecule has 0 fully saturated rings. The van der Waals surface area contributed by atoms with E-state index in [-0.39, 0.29) is 12.5 Å². The zero-order chi connectivity index (χ0) is 12.1. The highest BCUT2D eigenvalue weighted by Crippen LogP contribution is 2.15. The largest absolute Gasteiger partial charge is 0.388 e. The Bertz CT molecular complexity index is 351. The summed E-state index contributed by atoms with van der Waals surface area (Å²) in [4.78, 5) is 12.9. The van der Waals surface area contributed by atoms with Crippen molar-refractivity contribution < 1.29 is 4.79 Å². The van der Waals surface area contributed by atoms with Crippen LogP contribution in [0.4, 0.5) is 5.00 Å². The lowest BCUT2D eigenvalue weighted by Crippen LogP contribution is -2.36. The van der Waals surface area contributed by atoms with E-state index in [9.17, 15) is 4.79 Å². The average molecular weight is 243 g/mol. The second-order valence-corrected chi connectivity index (χ2v) is 4.90. The zero-order valence-electron chi connectivity index (χ0n) is 9.51. The van der Waals surface area contributed by atoms with Gasteiger partial charge in [-0.3, -0.25) is 9.69 Å². The minimum atomic E-state index is -0.345. The maximum atomic E-state index is 10.9. The number of carbonyl (C=O) groups excluding carboxylic acids is 1. The zero-order valence-corrected chi connectivity index (χ0v) is 10.3. The average Bonchev–Trinajstić information content (AvgIpc) is 2.49. The Balaban J connectivity index is 2.62. The van der Waals surface area contributed by atoms with E-state index in [1.807, 2.05) is 4.90 Å². The Labute approximate surface area is 98.8 Å². The van der Waals surface area contributed by atoms with Crippen LogP contribution in [0, 0.1) is 5.92 Å². The summed E-state index contributed by atoms with van der Waals surface area (Å²) >= 11 is 1.16. The molecule has 1 rings (SSSR count). The van der Waals surface area contributed by atoms with E-state index in [0.717, 1.165) is 18.1 Å². The van der Waals surface area contributed by atoms with Gasteiger partial charge in [-0.25, -0.2) is 0 Å². The first-order valence-electron chi connectivity index (χ1n) is 5.06. The maximum Gasteiger partial charge on any atom is 0.231 e. The molecule has 0 radical (unpaired) electrons. The SMILES string of the molecule is CC(C)CN(CC(N)=O)Cc1nnsc1N. The number of carbonyl (C=O) groups is 1. The molecule has 0 aliphatic heterocycles. The lowest BCUT2D eigenvalue weighted by atomic mass is 10.2. The number of anilines is 1. The Kier molecular flexibility index (Phi) is 4.63. The molecule has 1 heterocycles. The fourth-order valence-electron chi connectivity index (χ4n) is 1.46. The van der Waals surface area contributed by atoms with E-state index in [2.05, 4.69) is 23.4 Å². The van der Waals surface area contributed by atoms with Gasteiger partial charge >= 0.3 is 0 Å². The smallest absolute Gasteiger partial charge is 0.231 e. The van der Waals surface area contributed by atoms with Gasteiger partial charge in [-0.1, -0.05) is 18.3 Å². The van der Waals surface area contributed by atoms with E-state index in [4.69, 9.17) is 11.5 Å². The number of hydrogen-bond acceptors (Lipinski definition) is 6. The van der Waals surface area contributed by atoms with Gasteiger partial charge in [0.1, 0.15) is 10.7 Å². The third kappa shape index (κ3) is 4.11. The number of rotatable bonds is 6. The fourth-order valence-corrected chi connectivity index (χ4v) is 1.90. The van der Waals surface area contributed by atoms with Crippen LogP contribution < -0.4 is 11.5 Å². The van der Waals surface area contributed by atoms with Crippen molar-refractivity contribution in [2.45, 2.75) is 20.4 Å². The summed E-state index contributed by atoms with van der Waals surface area (Å²) < 4.78 is 3.76. The number of nitrogen functional groups attached to an aromatic ring is 1. The van der Waals surface area contributed by atoms with E-state index >= 15 is 0 Å². The molecular formula is C9H17N5OS. The van der Waals surface area contributed by atoms with Crippen LogP contribution in [0.15, 0.2) is 0 Å². The van der Waals surface area contributed by atoms with Gasteiger partial charge in [0.15, 0.2) is 0 Å². The van der Waals surface area contributed by atoms with Crippen molar-refractivity contribution in [3.8, 4) is 0 Å². The summed E-state index contributed by atoms with van der Waals surface area (Å²) in [5.74, 6) is 0.106. The quantitative estimate of drug-likeness (QED) is 0.736. The van der Waals surface area contributed by atoms with Crippen molar-refractivity contribution in [2.75, 3.05) is 18.8 Å². The highest BCUT2D eigenvalue weighted by atomic mass is 32.1. The first kappa shape index (κ1) is 12.9. The highest BCUT2D eigenvalue weighted by Gasteiger charge is 2.14. The van der Waals surface area contributed by atoms with Crippen molar-refractivity contribution in [3.05, 3.63) is 5.69 Å². The fraction of sp³-hybridized carbons (Fsp3) is 0.667. The van der Waals surface area contributed by atoms with Crippen LogP contribution >= 0.6 is 11.5 Å². The maximum absolute atomic E-state index is 10.9. The van der Waals surface area contributed by atoms with Crippen molar-refractivity contribution in [1.29, 1.82) is 0 Å². The molecular weight excluding hydrogens is 226 g/mol. The van der Waals surface area contributed by atoms with Crippen LogP contribution in [0.25, 0.3) is 0 Å². The molecule has 1 aromatic heterocycles. The van der Waals surface area contributed by atoms with Gasteiger partial charge in [0, 0.05) is 24.6 Å². The van der Waals surface area contributed by atoms with Gasteiger partial charge in [0.2, 0.25) is 5.91 Å². The Morgan fingerprint density at radius 3 is 2.69 bits per heavy atom. The first-order valence-corrected chi connectivity index (χ1v) is 5.83. The summed E-state index contributed by atoms with van der Waals surface area (Å²) in [6.07, 6.45) is 0. The Morgan fingerprint density at radius 1 is 1.56 bits per heavy atom. The molecule has 90 valence electrons. The van der Waals surface area contributed by atoms with Crippen molar-refractivity contribution >= 4 is 22.4 Å². The Hall–Kier alpha value is -1.21. The van der Waals surface area contributed by atoms with Gasteiger partial charge < -0.3 is 11.5 Å². The molecule has 7 heteroatoms. The monoisotopic (exact) mass is 243 g/mol. The number of aromatic nitrogens is 2. The van der Waals surface area contributed by atoms with Crippen LogP contribution in [0.3, 0.4) is 0 Å². The molecule has 0 atom stereocenters. The molecule has 0 spiro atoms. The van der Waals surface area contributed by atoms with Gasteiger partial charge in [-0.05, 0) is 5.92 Å². The van der Waals surface area contributed by atoms with E-state index in [1.54, 1.807) is 0 Å². The molecule has 4 N–H and O–H groups in total. The van der Waals surface area contributed by atoms with Gasteiger partial charge in [0.05, 0.1) is 6.54 Å². The summed E-state index contributed by atoms with van der Waals surface area (Å²) in [5, 5.41) is 4.52. The molecule has 0 aromatic carbocycles. The van der Waals surface area contributed by atoms with E-state index in [0.29, 0.717) is 23.2 Å². The van der Waals surface area contributed by atoms with E-state index < -0.39 is 0 Å². The molecule has 16 heavy (non-hydrogen) atoms. The van der Waals surface area contributed by atoms with E-state index in [1.165, 1.54) is 0 Å². The van der Waals surface area contributed by atoms with Crippen molar-refractivity contribution in [1.82, 2.24) is 14.5 Å². The van der Waals surface area contributed by atoms with Gasteiger partial charge in [-0.2, -0.15) is 0 Å². The minimum absolute atomic E-state index is 0.217. The lowest BCUT2D eigenvalue weighted by Gasteiger charge is -2.21. The minimum Gasteiger partial charge on any atom is -0.388 e. The first-order chi connectivity index (χ1) is 7.49. The third-order valence-electron chi connectivity index (χ3n) is 1.96. The molecule has 0 bridgehead atoms. The second kappa shape index (κ2) is 5.76. The molecule has 0 saturated heterocycles. The molecule has 1 amide bonds. The number of amides is 1. The van der Waals surface area contributed by atoms with Crippen LogP contribution in [0.2, 0.25) is 0 Å². The number of nitrogens with zero attached hydrogens (tertiary/aromatic N) is 3. The van der Waals surface area contributed by atoms with Crippen LogP contribution in [-0.2, 0) is 11.3 Å². The summed E-state index contributed by atoms with van der Waals surface area (Å²) in [6, 6.07) is 0. The molecule has 0 saturated carbocycles. The van der Waals surface area contributed by atoms with Crippen LogP contribution in [0.1, 0.15) is 19.5 Å². The molecule has 6 nitrogen and oxygen atoms in total. The summed E-state index contributed by atoms with van der Waals surface area (Å²) in [5.41, 5.74) is 11.6. The van der Waals surface area contributed by atoms with Crippen LogP contribution in [-0.4, -0.2) is 33.5 Å². The van der Waals surface area contributed by atoms with Crippen molar-refractivity contribution in [3.63, 3.8) is 0 Å². The predicted molar refractivity (Wildman–Crippen MR) is 63.6 cm³/mol. The number of primary amides is 1. The molecule has 0 unspecified atom stereocenters. The van der Waals surface area contributed by atoms with Gasteiger partial charge in [-0.15, -0.1) is 5.10 Å². The standard InChI is InChI=1S/C9H17N5OS/c1-6(2)3-14(5-8(10)15)4-7-9(11)16-13-12-7/h6H,3-5,11H2,1-2H3,(H2,10,15). The molecule has 0 aliphatic carbocycles. The van der Waals surface area contributed by atoms with Gasteiger partial charge in [0.25, 0.3) is 0 Å². The van der Waals surface area contributed by atoms with Crippen molar-refractivity contribution in [2.24, 2.45) is 11.7 Å². The molecule has 1 aromatic rings. The van der Waals surface area contributed by atoms with Crippen LogP contribution in [0.5, 0.6) is 0 Å². The summed E-state index contributed by atoms with van der Waals surface area (Å²) in [7, 11) is 0.